The summed E-state index contributed by atoms with van der Waals surface area (Å²) in [6.45, 7) is 5.88. The first-order valence-corrected chi connectivity index (χ1v) is 5.40. The summed E-state index contributed by atoms with van der Waals surface area (Å²) >= 11 is 0. The van der Waals surface area contributed by atoms with Crippen LogP contribution in [0.1, 0.15) is 15.9 Å². The van der Waals surface area contributed by atoms with E-state index in [9.17, 15) is 9.90 Å². The standard InChI is InChI=1S/C13H17NO3/c1-3-6-14(7-8-15)13(17)11-4-5-12(16)10(2)9-11/h3-5,9,15-16H,1,6-8H2,2H3. The molecule has 17 heavy (non-hydrogen) atoms. The van der Waals surface area contributed by atoms with Crippen molar-refractivity contribution >= 4 is 5.91 Å². The zero-order valence-corrected chi connectivity index (χ0v) is 9.89. The van der Waals surface area contributed by atoms with E-state index in [4.69, 9.17) is 5.11 Å². The maximum atomic E-state index is 12.1. The van der Waals surface area contributed by atoms with E-state index in [1.54, 1.807) is 25.1 Å². The Morgan fingerprint density at radius 1 is 1.53 bits per heavy atom. The van der Waals surface area contributed by atoms with Gasteiger partial charge in [0.1, 0.15) is 5.75 Å². The van der Waals surface area contributed by atoms with Crippen LogP contribution in [0.2, 0.25) is 0 Å². The number of nitrogens with zero attached hydrogens (tertiary/aromatic N) is 1. The second-order valence-corrected chi connectivity index (χ2v) is 3.76. The van der Waals surface area contributed by atoms with Gasteiger partial charge in [-0.25, -0.2) is 0 Å². The highest BCUT2D eigenvalue weighted by Gasteiger charge is 2.14. The van der Waals surface area contributed by atoms with Crippen molar-refractivity contribution in [2.24, 2.45) is 0 Å². The van der Waals surface area contributed by atoms with Crippen LogP contribution in [0, 0.1) is 6.92 Å². The van der Waals surface area contributed by atoms with Crippen molar-refractivity contribution in [3.8, 4) is 5.75 Å². The number of carbonyl (C=O) groups is 1. The number of aliphatic hydroxyl groups is 1. The van der Waals surface area contributed by atoms with Crippen molar-refractivity contribution in [2.45, 2.75) is 6.92 Å². The number of aromatic hydroxyl groups is 1. The van der Waals surface area contributed by atoms with Gasteiger partial charge >= 0.3 is 0 Å². The Morgan fingerprint density at radius 3 is 2.76 bits per heavy atom. The average molecular weight is 235 g/mol. The van der Waals surface area contributed by atoms with E-state index in [0.717, 1.165) is 0 Å². The third-order valence-electron chi connectivity index (χ3n) is 2.45. The summed E-state index contributed by atoms with van der Waals surface area (Å²) in [6, 6.07) is 4.69. The molecule has 0 unspecified atom stereocenters. The molecule has 0 aromatic heterocycles. The third kappa shape index (κ3) is 3.32. The minimum Gasteiger partial charge on any atom is -0.508 e. The lowest BCUT2D eigenvalue weighted by Crippen LogP contribution is -2.33. The summed E-state index contributed by atoms with van der Waals surface area (Å²) < 4.78 is 0. The minimum atomic E-state index is -0.179. The van der Waals surface area contributed by atoms with Crippen LogP contribution in [0.25, 0.3) is 0 Å². The molecule has 0 fully saturated rings. The molecule has 2 N–H and O–H groups in total. The molecule has 0 saturated heterocycles. The molecule has 4 nitrogen and oxygen atoms in total. The summed E-state index contributed by atoms with van der Waals surface area (Å²) in [5.74, 6) is -0.0129. The van der Waals surface area contributed by atoms with Crippen LogP contribution in [-0.4, -0.2) is 40.7 Å². The van der Waals surface area contributed by atoms with Gasteiger partial charge in [0.05, 0.1) is 6.61 Å². The van der Waals surface area contributed by atoms with Gasteiger partial charge < -0.3 is 15.1 Å². The Hall–Kier alpha value is -1.81. The predicted molar refractivity (Wildman–Crippen MR) is 66.0 cm³/mol. The van der Waals surface area contributed by atoms with Crippen LogP contribution in [-0.2, 0) is 0 Å². The van der Waals surface area contributed by atoms with Gasteiger partial charge in [-0.2, -0.15) is 0 Å². The van der Waals surface area contributed by atoms with E-state index in [0.29, 0.717) is 17.7 Å². The van der Waals surface area contributed by atoms with Gasteiger partial charge in [0.15, 0.2) is 0 Å². The molecule has 1 aromatic carbocycles. The second-order valence-electron chi connectivity index (χ2n) is 3.76. The van der Waals surface area contributed by atoms with E-state index in [2.05, 4.69) is 6.58 Å². The van der Waals surface area contributed by atoms with Gasteiger partial charge in [-0.15, -0.1) is 6.58 Å². The molecule has 0 aliphatic carbocycles. The Labute approximate surface area is 101 Å². The largest absolute Gasteiger partial charge is 0.508 e. The quantitative estimate of drug-likeness (QED) is 0.757. The molecular weight excluding hydrogens is 218 g/mol. The van der Waals surface area contributed by atoms with Gasteiger partial charge in [0.25, 0.3) is 5.91 Å². The van der Waals surface area contributed by atoms with Crippen LogP contribution in [0.4, 0.5) is 0 Å². The highest BCUT2D eigenvalue weighted by Crippen LogP contribution is 2.18. The Kier molecular flexibility index (Phi) is 4.72. The van der Waals surface area contributed by atoms with Gasteiger partial charge in [-0.3, -0.25) is 4.79 Å². The van der Waals surface area contributed by atoms with Gasteiger partial charge in [-0.05, 0) is 30.7 Å². The number of hydrogen-bond acceptors (Lipinski definition) is 3. The number of rotatable bonds is 5. The SMILES string of the molecule is C=CCN(CCO)C(=O)c1ccc(O)c(C)c1. The smallest absolute Gasteiger partial charge is 0.254 e. The summed E-state index contributed by atoms with van der Waals surface area (Å²) in [5.41, 5.74) is 1.15. The highest BCUT2D eigenvalue weighted by molar-refractivity contribution is 5.94. The lowest BCUT2D eigenvalue weighted by atomic mass is 10.1. The molecule has 1 aromatic rings. The topological polar surface area (TPSA) is 60.8 Å². The number of aliphatic hydroxyl groups excluding tert-OH is 1. The zero-order valence-electron chi connectivity index (χ0n) is 9.89. The molecule has 0 aliphatic heterocycles. The van der Waals surface area contributed by atoms with Crippen LogP contribution < -0.4 is 0 Å². The maximum absolute atomic E-state index is 12.1. The molecule has 0 heterocycles. The number of amides is 1. The van der Waals surface area contributed by atoms with Gasteiger partial charge in [-0.1, -0.05) is 6.08 Å². The molecule has 0 aliphatic rings. The van der Waals surface area contributed by atoms with Crippen molar-refractivity contribution < 1.29 is 15.0 Å². The predicted octanol–water partition coefficient (Wildman–Crippen LogP) is 1.32. The molecule has 0 radical (unpaired) electrons. The molecule has 0 saturated carbocycles. The van der Waals surface area contributed by atoms with Crippen molar-refractivity contribution in [2.75, 3.05) is 19.7 Å². The number of benzene rings is 1. The van der Waals surface area contributed by atoms with Crippen molar-refractivity contribution in [1.82, 2.24) is 4.90 Å². The first-order chi connectivity index (χ1) is 8.10. The fourth-order valence-corrected chi connectivity index (χ4v) is 1.52. The minimum absolute atomic E-state index is 0.0867. The van der Waals surface area contributed by atoms with Crippen molar-refractivity contribution in [1.29, 1.82) is 0 Å². The fourth-order valence-electron chi connectivity index (χ4n) is 1.52. The van der Waals surface area contributed by atoms with Gasteiger partial charge in [0, 0.05) is 18.7 Å². The number of phenols is 1. The van der Waals surface area contributed by atoms with E-state index in [1.807, 2.05) is 0 Å². The average Bonchev–Trinajstić information content (AvgIpc) is 2.31. The molecule has 92 valence electrons. The number of aryl methyl sites for hydroxylation is 1. The van der Waals surface area contributed by atoms with E-state index in [1.165, 1.54) is 11.0 Å². The highest BCUT2D eigenvalue weighted by atomic mass is 16.3. The van der Waals surface area contributed by atoms with Crippen LogP contribution in [0.3, 0.4) is 0 Å². The van der Waals surface area contributed by atoms with Crippen LogP contribution in [0.5, 0.6) is 5.75 Å². The lowest BCUT2D eigenvalue weighted by Gasteiger charge is -2.20. The number of hydrogen-bond donors (Lipinski definition) is 2. The number of phenolic OH excluding ortho intramolecular Hbond substituents is 1. The van der Waals surface area contributed by atoms with Gasteiger partial charge in [0.2, 0.25) is 0 Å². The second kappa shape index (κ2) is 6.06. The lowest BCUT2D eigenvalue weighted by molar-refractivity contribution is 0.0743. The fraction of sp³-hybridized carbons (Fsp3) is 0.308. The van der Waals surface area contributed by atoms with E-state index < -0.39 is 0 Å². The zero-order chi connectivity index (χ0) is 12.8. The molecular formula is C13H17NO3. The Morgan fingerprint density at radius 2 is 2.24 bits per heavy atom. The molecule has 0 spiro atoms. The summed E-state index contributed by atoms with van der Waals surface area (Å²) in [4.78, 5) is 13.6. The van der Waals surface area contributed by atoms with Crippen molar-refractivity contribution in [3.05, 3.63) is 42.0 Å². The van der Waals surface area contributed by atoms with Crippen LogP contribution >= 0.6 is 0 Å². The van der Waals surface area contributed by atoms with E-state index in [-0.39, 0.29) is 24.8 Å². The molecule has 1 rings (SSSR count). The number of carbonyl (C=O) groups excluding carboxylic acids is 1. The summed E-state index contributed by atoms with van der Waals surface area (Å²) in [6.07, 6.45) is 1.61. The first kappa shape index (κ1) is 13.3. The molecule has 0 bridgehead atoms. The molecule has 0 atom stereocenters. The normalized spacial score (nSPS) is 10.0. The van der Waals surface area contributed by atoms with E-state index >= 15 is 0 Å². The summed E-state index contributed by atoms with van der Waals surface area (Å²) in [7, 11) is 0. The molecule has 1 amide bonds. The maximum Gasteiger partial charge on any atom is 0.254 e. The van der Waals surface area contributed by atoms with Crippen LogP contribution in [0.15, 0.2) is 30.9 Å². The Balaban J connectivity index is 2.92. The third-order valence-corrected chi connectivity index (χ3v) is 2.45. The molecule has 4 heteroatoms. The monoisotopic (exact) mass is 235 g/mol. The Bertz CT molecular complexity index is 415. The van der Waals surface area contributed by atoms with Crippen molar-refractivity contribution in [3.63, 3.8) is 0 Å². The summed E-state index contributed by atoms with van der Waals surface area (Å²) in [5, 5.41) is 18.3. The first-order valence-electron chi connectivity index (χ1n) is 5.40.